The molecule has 0 aliphatic heterocycles. The lowest BCUT2D eigenvalue weighted by Gasteiger charge is -2.26. The Balaban J connectivity index is 1.44. The number of carbonyl (C=O) groups is 1. The highest BCUT2D eigenvalue weighted by molar-refractivity contribution is 6.30. The van der Waals surface area contributed by atoms with Crippen molar-refractivity contribution < 1.29 is 9.21 Å². The van der Waals surface area contributed by atoms with Crippen LogP contribution in [-0.2, 0) is 16.6 Å². The number of nitrogens with one attached hydrogen (secondary N) is 1. The largest absolute Gasteiger partial charge is 0.421 e. The van der Waals surface area contributed by atoms with Crippen molar-refractivity contribution in [2.75, 3.05) is 6.54 Å². The summed E-state index contributed by atoms with van der Waals surface area (Å²) in [5, 5.41) is 11.8. The van der Waals surface area contributed by atoms with Gasteiger partial charge in [-0.25, -0.2) is 0 Å². The SMILES string of the molecule is CC(C)(CNC(=O)CCCc1nnc(-c2ccccc2)o1)c1cccc(Cl)c1. The fourth-order valence-electron chi connectivity index (χ4n) is 2.87. The number of hydrogen-bond acceptors (Lipinski definition) is 4. The number of rotatable bonds is 8. The normalized spacial score (nSPS) is 11.4. The molecular formula is C22H24ClN3O2. The summed E-state index contributed by atoms with van der Waals surface area (Å²) < 4.78 is 5.67. The average molecular weight is 398 g/mol. The van der Waals surface area contributed by atoms with Gasteiger partial charge in [0.25, 0.3) is 0 Å². The summed E-state index contributed by atoms with van der Waals surface area (Å²) in [7, 11) is 0. The molecule has 0 aliphatic rings. The molecule has 0 spiro atoms. The molecule has 28 heavy (non-hydrogen) atoms. The van der Waals surface area contributed by atoms with Crippen LogP contribution in [0.1, 0.15) is 38.1 Å². The van der Waals surface area contributed by atoms with E-state index in [9.17, 15) is 4.79 Å². The van der Waals surface area contributed by atoms with Crippen molar-refractivity contribution in [3.63, 3.8) is 0 Å². The summed E-state index contributed by atoms with van der Waals surface area (Å²) in [6, 6.07) is 17.4. The zero-order valence-corrected chi connectivity index (χ0v) is 16.9. The van der Waals surface area contributed by atoms with Crippen LogP contribution >= 0.6 is 11.6 Å². The summed E-state index contributed by atoms with van der Waals surface area (Å²) >= 11 is 6.07. The highest BCUT2D eigenvalue weighted by Crippen LogP contribution is 2.25. The molecule has 0 atom stereocenters. The second kappa shape index (κ2) is 9.02. The van der Waals surface area contributed by atoms with E-state index in [1.807, 2.05) is 54.6 Å². The molecule has 0 unspecified atom stereocenters. The van der Waals surface area contributed by atoms with Gasteiger partial charge in [0, 0.05) is 35.4 Å². The zero-order chi connectivity index (χ0) is 20.0. The minimum atomic E-state index is -0.197. The molecule has 6 heteroatoms. The Morgan fingerprint density at radius 3 is 2.64 bits per heavy atom. The fraction of sp³-hybridized carbons (Fsp3) is 0.318. The van der Waals surface area contributed by atoms with E-state index in [0.29, 0.717) is 42.6 Å². The third-order valence-corrected chi connectivity index (χ3v) is 4.85. The van der Waals surface area contributed by atoms with Crippen LogP contribution in [-0.4, -0.2) is 22.6 Å². The maximum Gasteiger partial charge on any atom is 0.247 e. The maximum atomic E-state index is 12.2. The Morgan fingerprint density at radius 2 is 1.89 bits per heavy atom. The molecule has 3 aromatic rings. The Bertz CT molecular complexity index is 922. The van der Waals surface area contributed by atoms with E-state index in [1.54, 1.807) is 0 Å². The van der Waals surface area contributed by atoms with Crippen molar-refractivity contribution in [1.29, 1.82) is 0 Å². The van der Waals surface area contributed by atoms with Gasteiger partial charge in [-0.05, 0) is 36.2 Å². The Hall–Kier alpha value is -2.66. The van der Waals surface area contributed by atoms with E-state index < -0.39 is 0 Å². The van der Waals surface area contributed by atoms with E-state index >= 15 is 0 Å². The summed E-state index contributed by atoms with van der Waals surface area (Å²) in [6.45, 7) is 4.72. The standard InChI is InChI=1S/C22H24ClN3O2/c1-22(2,17-10-6-11-18(23)14-17)15-24-19(27)12-7-13-20-25-26-21(28-20)16-8-4-3-5-9-16/h3-6,8-11,14H,7,12-13,15H2,1-2H3,(H,24,27). The first-order valence-corrected chi connectivity index (χ1v) is 9.72. The van der Waals surface area contributed by atoms with Crippen molar-refractivity contribution in [2.45, 2.75) is 38.5 Å². The van der Waals surface area contributed by atoms with Crippen LogP contribution < -0.4 is 5.32 Å². The van der Waals surface area contributed by atoms with E-state index in [0.717, 1.165) is 11.1 Å². The molecule has 1 heterocycles. The average Bonchev–Trinajstić information content (AvgIpc) is 3.16. The number of nitrogens with zero attached hydrogens (tertiary/aromatic N) is 2. The highest BCUT2D eigenvalue weighted by Gasteiger charge is 2.21. The van der Waals surface area contributed by atoms with Gasteiger partial charge in [-0.3, -0.25) is 4.79 Å². The van der Waals surface area contributed by atoms with E-state index in [4.69, 9.17) is 16.0 Å². The zero-order valence-electron chi connectivity index (χ0n) is 16.1. The van der Waals surface area contributed by atoms with E-state index in [-0.39, 0.29) is 11.3 Å². The van der Waals surface area contributed by atoms with Crippen LogP contribution in [0.5, 0.6) is 0 Å². The highest BCUT2D eigenvalue weighted by atomic mass is 35.5. The third-order valence-electron chi connectivity index (χ3n) is 4.62. The second-order valence-electron chi connectivity index (χ2n) is 7.39. The van der Waals surface area contributed by atoms with Crippen LogP contribution in [0.2, 0.25) is 5.02 Å². The van der Waals surface area contributed by atoms with Crippen molar-refractivity contribution in [3.8, 4) is 11.5 Å². The number of aromatic nitrogens is 2. The smallest absolute Gasteiger partial charge is 0.247 e. The lowest BCUT2D eigenvalue weighted by atomic mass is 9.84. The number of halogens is 1. The maximum absolute atomic E-state index is 12.2. The molecule has 3 rings (SSSR count). The molecule has 0 bridgehead atoms. The van der Waals surface area contributed by atoms with Crippen molar-refractivity contribution >= 4 is 17.5 Å². The van der Waals surface area contributed by atoms with Gasteiger partial charge in [-0.1, -0.05) is 55.8 Å². The molecule has 146 valence electrons. The quantitative estimate of drug-likeness (QED) is 0.592. The Morgan fingerprint density at radius 1 is 1.11 bits per heavy atom. The van der Waals surface area contributed by atoms with E-state index in [2.05, 4.69) is 29.4 Å². The van der Waals surface area contributed by atoms with Crippen molar-refractivity contribution in [2.24, 2.45) is 0 Å². The Kier molecular flexibility index (Phi) is 6.47. The number of hydrogen-bond donors (Lipinski definition) is 1. The summed E-state index contributed by atoms with van der Waals surface area (Å²) in [5.74, 6) is 1.06. The molecule has 0 saturated carbocycles. The first kappa shape index (κ1) is 20.1. The van der Waals surface area contributed by atoms with Crippen LogP contribution in [0.4, 0.5) is 0 Å². The molecule has 5 nitrogen and oxygen atoms in total. The minimum absolute atomic E-state index is 0.0119. The predicted molar refractivity (Wildman–Crippen MR) is 110 cm³/mol. The van der Waals surface area contributed by atoms with Gasteiger partial charge in [0.05, 0.1) is 0 Å². The van der Waals surface area contributed by atoms with Gasteiger partial charge < -0.3 is 9.73 Å². The van der Waals surface area contributed by atoms with E-state index in [1.165, 1.54) is 0 Å². The van der Waals surface area contributed by atoms with Gasteiger partial charge in [0.1, 0.15) is 0 Å². The molecule has 1 N–H and O–H groups in total. The molecule has 0 fully saturated rings. The molecule has 0 aliphatic carbocycles. The van der Waals surface area contributed by atoms with Crippen LogP contribution in [0.25, 0.3) is 11.5 Å². The van der Waals surface area contributed by atoms with Gasteiger partial charge in [0.15, 0.2) is 0 Å². The molecular weight excluding hydrogens is 374 g/mol. The molecule has 0 radical (unpaired) electrons. The molecule has 0 saturated heterocycles. The molecule has 2 aromatic carbocycles. The number of aryl methyl sites for hydroxylation is 1. The van der Waals surface area contributed by atoms with Crippen LogP contribution in [0.3, 0.4) is 0 Å². The summed E-state index contributed by atoms with van der Waals surface area (Å²) in [4.78, 5) is 12.2. The van der Waals surface area contributed by atoms with Gasteiger partial charge in [0.2, 0.25) is 17.7 Å². The predicted octanol–water partition coefficient (Wildman–Crippen LogP) is 4.81. The first-order valence-electron chi connectivity index (χ1n) is 9.34. The van der Waals surface area contributed by atoms with Gasteiger partial charge in [-0.15, -0.1) is 10.2 Å². The number of amides is 1. The third kappa shape index (κ3) is 5.42. The first-order chi connectivity index (χ1) is 13.4. The summed E-state index contributed by atoms with van der Waals surface area (Å²) in [5.41, 5.74) is 1.79. The number of carbonyl (C=O) groups excluding carboxylic acids is 1. The minimum Gasteiger partial charge on any atom is -0.421 e. The molecule has 1 amide bonds. The van der Waals surface area contributed by atoms with Gasteiger partial charge in [-0.2, -0.15) is 0 Å². The lowest BCUT2D eigenvalue weighted by molar-refractivity contribution is -0.121. The van der Waals surface area contributed by atoms with Gasteiger partial charge >= 0.3 is 0 Å². The van der Waals surface area contributed by atoms with Crippen LogP contribution in [0.15, 0.2) is 59.0 Å². The molecule has 1 aromatic heterocycles. The lowest BCUT2D eigenvalue weighted by Crippen LogP contribution is -2.36. The van der Waals surface area contributed by atoms with Crippen LogP contribution in [0, 0.1) is 0 Å². The summed E-state index contributed by atoms with van der Waals surface area (Å²) in [6.07, 6.45) is 1.64. The Labute approximate surface area is 170 Å². The number of benzene rings is 2. The van der Waals surface area contributed by atoms with Crippen molar-refractivity contribution in [1.82, 2.24) is 15.5 Å². The monoisotopic (exact) mass is 397 g/mol. The van der Waals surface area contributed by atoms with Crippen molar-refractivity contribution in [3.05, 3.63) is 71.1 Å². The topological polar surface area (TPSA) is 68.0 Å². The second-order valence-corrected chi connectivity index (χ2v) is 7.83. The fourth-order valence-corrected chi connectivity index (χ4v) is 3.06.